The monoisotopic (exact) mass is 836 g/mol. The lowest BCUT2D eigenvalue weighted by atomic mass is 9.84. The Morgan fingerprint density at radius 1 is 1.07 bits per heavy atom. The molecule has 1 saturated carbocycles. The predicted octanol–water partition coefficient (Wildman–Crippen LogP) is 5.78. The maximum atomic E-state index is 14.3. The Balaban J connectivity index is 1.19. The Bertz CT molecular complexity index is 2300. The van der Waals surface area contributed by atoms with E-state index in [2.05, 4.69) is 90.4 Å². The zero-order valence-corrected chi connectivity index (χ0v) is 37.0. The zero-order chi connectivity index (χ0) is 42.0. The van der Waals surface area contributed by atoms with Crippen LogP contribution in [0.4, 0.5) is 5.69 Å². The Morgan fingerprint density at radius 2 is 1.85 bits per heavy atom. The zero-order valence-electron chi connectivity index (χ0n) is 36.2. The topological polar surface area (TPSA) is 134 Å². The standard InChI is InChI=1S/C46H60N8O5S/c1-26-27(2)39(26)43(55)49-36-21-38-48-37(24-60-38)30-18-29-10-8-12-53-41(29)32(19-30)34(22-46(4,5)25-59-45(57)35-11-9-13-54(50-35)44(36)56)42(53)33-20-31(23-47-40(33)28(3)58-7)52-16-14-51(6)15-17-52/h18-20,23-24,26-28,35-36,39,50H,8-17,21-22,25H2,1-7H3,(H,49,55)/t26-,27+,28-,35-,36-,39?/m0/s1. The number of aromatic nitrogens is 3. The van der Waals surface area contributed by atoms with Gasteiger partial charge in [0, 0.05) is 86.0 Å². The first-order valence-electron chi connectivity index (χ1n) is 21.9. The fourth-order valence-corrected chi connectivity index (χ4v) is 10.8. The van der Waals surface area contributed by atoms with E-state index < -0.39 is 17.5 Å². The second-order valence-corrected chi connectivity index (χ2v) is 19.7. The van der Waals surface area contributed by atoms with Crippen molar-refractivity contribution in [2.45, 2.75) is 97.9 Å². The molecule has 13 nitrogen and oxygen atoms in total. The van der Waals surface area contributed by atoms with E-state index in [1.54, 1.807) is 7.11 Å². The van der Waals surface area contributed by atoms with Crippen molar-refractivity contribution in [2.24, 2.45) is 23.2 Å². The number of nitrogens with zero attached hydrogens (tertiary/aromatic N) is 6. The van der Waals surface area contributed by atoms with Crippen molar-refractivity contribution in [2.75, 3.05) is 58.4 Å². The largest absolute Gasteiger partial charge is 0.464 e. The van der Waals surface area contributed by atoms with Gasteiger partial charge in [-0.25, -0.2) is 10.4 Å². The minimum absolute atomic E-state index is 0.104. The quantitative estimate of drug-likeness (QED) is 0.230. The minimum atomic E-state index is -0.831. The summed E-state index contributed by atoms with van der Waals surface area (Å²) in [6, 6.07) is 5.41. The molecule has 60 heavy (non-hydrogen) atoms. The van der Waals surface area contributed by atoms with Crippen LogP contribution in [-0.2, 0) is 49.7 Å². The van der Waals surface area contributed by atoms with Crippen molar-refractivity contribution in [1.82, 2.24) is 35.2 Å². The van der Waals surface area contributed by atoms with Gasteiger partial charge in [-0.2, -0.15) is 0 Å². The molecule has 1 aliphatic carbocycles. The number of ether oxygens (including phenoxy) is 2. The van der Waals surface area contributed by atoms with Gasteiger partial charge in [0.25, 0.3) is 5.91 Å². The number of methoxy groups -OCH3 is 1. The number of cyclic esters (lactones) is 1. The highest BCUT2D eigenvalue weighted by atomic mass is 32.1. The second-order valence-electron chi connectivity index (χ2n) is 18.8. The number of hydrogen-bond acceptors (Lipinski definition) is 11. The minimum Gasteiger partial charge on any atom is -0.464 e. The van der Waals surface area contributed by atoms with Crippen LogP contribution in [0.1, 0.15) is 81.8 Å². The molecule has 6 atom stereocenters. The number of anilines is 1. The van der Waals surface area contributed by atoms with Crippen LogP contribution in [0.2, 0.25) is 0 Å². The number of amides is 2. The van der Waals surface area contributed by atoms with E-state index >= 15 is 0 Å². The first-order chi connectivity index (χ1) is 28.8. The third kappa shape index (κ3) is 7.73. The summed E-state index contributed by atoms with van der Waals surface area (Å²) in [5, 5.41) is 8.65. The fourth-order valence-electron chi connectivity index (χ4n) is 9.97. The van der Waals surface area contributed by atoms with Crippen LogP contribution in [0, 0.1) is 23.2 Å². The highest BCUT2D eigenvalue weighted by molar-refractivity contribution is 7.10. The molecule has 320 valence electrons. The van der Waals surface area contributed by atoms with Crippen LogP contribution >= 0.6 is 11.3 Å². The van der Waals surface area contributed by atoms with Gasteiger partial charge in [-0.3, -0.25) is 24.4 Å². The van der Waals surface area contributed by atoms with Crippen molar-refractivity contribution >= 4 is 45.7 Å². The number of carbonyl (C=O) groups is 3. The van der Waals surface area contributed by atoms with Gasteiger partial charge in [0.1, 0.15) is 12.1 Å². The normalized spacial score (nSPS) is 26.4. The number of aryl methyl sites for hydroxylation is 2. The van der Waals surface area contributed by atoms with Crippen LogP contribution in [0.25, 0.3) is 33.4 Å². The number of pyridine rings is 1. The van der Waals surface area contributed by atoms with E-state index in [0.717, 1.165) is 84.5 Å². The summed E-state index contributed by atoms with van der Waals surface area (Å²) in [5.74, 6) is -0.328. The number of thiazole rings is 1. The average molecular weight is 837 g/mol. The second kappa shape index (κ2) is 16.2. The summed E-state index contributed by atoms with van der Waals surface area (Å²) >= 11 is 1.52. The Hall–Kier alpha value is -4.37. The van der Waals surface area contributed by atoms with Gasteiger partial charge in [0.2, 0.25) is 5.91 Å². The number of hydrogen-bond donors (Lipinski definition) is 2. The van der Waals surface area contributed by atoms with Gasteiger partial charge in [-0.1, -0.05) is 27.7 Å². The number of esters is 1. The highest BCUT2D eigenvalue weighted by Crippen LogP contribution is 2.47. The molecule has 6 bridgehead atoms. The van der Waals surface area contributed by atoms with Crippen LogP contribution in [0.3, 0.4) is 0 Å². The highest BCUT2D eigenvalue weighted by Gasteiger charge is 2.49. The van der Waals surface area contributed by atoms with Crippen LogP contribution in [0.15, 0.2) is 29.8 Å². The summed E-state index contributed by atoms with van der Waals surface area (Å²) in [7, 11) is 3.92. The summed E-state index contributed by atoms with van der Waals surface area (Å²) in [6.45, 7) is 15.9. The number of carbonyl (C=O) groups excluding carboxylic acids is 3. The first-order valence-corrected chi connectivity index (χ1v) is 22.8. The van der Waals surface area contributed by atoms with E-state index in [1.807, 2.05) is 6.20 Å². The molecule has 2 amide bonds. The molecular weight excluding hydrogens is 777 g/mol. The molecule has 7 heterocycles. The molecule has 0 radical (unpaired) electrons. The number of fused-ring (bicyclic) bond motifs is 6. The smallest absolute Gasteiger partial charge is 0.324 e. The summed E-state index contributed by atoms with van der Waals surface area (Å²) < 4.78 is 14.7. The lowest BCUT2D eigenvalue weighted by Crippen LogP contribution is -2.60. The summed E-state index contributed by atoms with van der Waals surface area (Å²) in [5.41, 5.74) is 12.6. The van der Waals surface area contributed by atoms with Gasteiger partial charge in [0.05, 0.1) is 52.2 Å². The molecule has 3 fully saturated rings. The van der Waals surface area contributed by atoms with Gasteiger partial charge in [0.15, 0.2) is 0 Å². The molecule has 5 aliphatic rings. The van der Waals surface area contributed by atoms with E-state index in [4.69, 9.17) is 19.4 Å². The number of hydrazine groups is 1. The first kappa shape index (κ1) is 41.0. The average Bonchev–Trinajstić information content (AvgIpc) is 3.50. The molecule has 0 spiro atoms. The number of likely N-dealkylation sites (N-methyl/N-ethyl adjacent to an activating group) is 1. The predicted molar refractivity (Wildman–Crippen MR) is 233 cm³/mol. The van der Waals surface area contributed by atoms with E-state index in [1.165, 1.54) is 38.4 Å². The lowest BCUT2D eigenvalue weighted by Gasteiger charge is -2.35. The summed E-state index contributed by atoms with van der Waals surface area (Å²) in [6.07, 6.45) is 5.79. The third-order valence-electron chi connectivity index (χ3n) is 13.9. The molecule has 4 aliphatic heterocycles. The Labute approximate surface area is 357 Å². The van der Waals surface area contributed by atoms with Crippen molar-refractivity contribution in [3.63, 3.8) is 0 Å². The lowest BCUT2D eigenvalue weighted by molar-refractivity contribution is -0.155. The van der Waals surface area contributed by atoms with Gasteiger partial charge < -0.3 is 29.2 Å². The summed E-state index contributed by atoms with van der Waals surface area (Å²) in [4.78, 5) is 56.8. The number of piperazine rings is 1. The maximum absolute atomic E-state index is 14.3. The molecule has 1 unspecified atom stereocenters. The number of rotatable bonds is 6. The van der Waals surface area contributed by atoms with E-state index in [0.29, 0.717) is 25.8 Å². The molecule has 2 saturated heterocycles. The van der Waals surface area contributed by atoms with Crippen molar-refractivity contribution in [3.8, 4) is 22.5 Å². The Morgan fingerprint density at radius 3 is 2.60 bits per heavy atom. The number of benzene rings is 1. The fraction of sp³-hybridized carbons (Fsp3) is 0.587. The van der Waals surface area contributed by atoms with Crippen molar-refractivity contribution < 1.29 is 23.9 Å². The molecule has 1 aromatic carbocycles. The third-order valence-corrected chi connectivity index (χ3v) is 14.8. The van der Waals surface area contributed by atoms with Gasteiger partial charge in [-0.05, 0) is 87.2 Å². The molecular formula is C46H60N8O5S. The molecule has 14 heteroatoms. The molecule has 2 N–H and O–H groups in total. The van der Waals surface area contributed by atoms with Crippen LogP contribution in [-0.4, -0.2) is 108 Å². The van der Waals surface area contributed by atoms with Crippen molar-refractivity contribution in [1.29, 1.82) is 0 Å². The number of nitrogens with one attached hydrogen (secondary N) is 2. The van der Waals surface area contributed by atoms with E-state index in [-0.39, 0.29) is 54.7 Å². The molecule has 4 aromatic rings. The Kier molecular flexibility index (Phi) is 11.0. The maximum Gasteiger partial charge on any atom is 0.324 e. The molecule has 9 rings (SSSR count). The van der Waals surface area contributed by atoms with Crippen molar-refractivity contribution in [3.05, 3.63) is 51.6 Å². The van der Waals surface area contributed by atoms with Gasteiger partial charge in [-0.15, -0.1) is 11.3 Å². The molecule has 3 aromatic heterocycles. The van der Waals surface area contributed by atoms with Crippen LogP contribution in [0.5, 0.6) is 0 Å². The van der Waals surface area contributed by atoms with E-state index in [9.17, 15) is 14.4 Å². The SMILES string of the molecule is CO[C@@H](C)c1ncc(N2CCN(C)CC2)cc1-c1c2c3cc(cc4c3n1CCC4)-c1csc(n1)C[C@H](NC(=O)C1[C@@H](C)[C@H]1C)C(=O)N1CCC[C@H](N1)C(=O)OCC(C)(C)C2. The van der Waals surface area contributed by atoms with Gasteiger partial charge >= 0.3 is 5.97 Å². The van der Waals surface area contributed by atoms with Crippen LogP contribution < -0.4 is 15.6 Å².